The van der Waals surface area contributed by atoms with Gasteiger partial charge in [-0.1, -0.05) is 0 Å². The molecule has 0 aliphatic heterocycles. The Labute approximate surface area is 123 Å². The van der Waals surface area contributed by atoms with E-state index >= 15 is 0 Å². The molecule has 0 aliphatic carbocycles. The van der Waals surface area contributed by atoms with Gasteiger partial charge in [-0.05, 0) is 49.7 Å². The number of amides is 1. The normalized spacial score (nSPS) is 10.0. The quantitative estimate of drug-likeness (QED) is 0.883. The van der Waals surface area contributed by atoms with Crippen LogP contribution in [0.5, 0.6) is 5.75 Å². The standard InChI is InChI=1S/C15H18N4O2/c1-4-16-14-8-6-12(18-19-14)15(20)17-11-5-7-13(21-3)10(2)9-11/h5-9H,4H2,1-3H3,(H,16,19)(H,17,20). The molecule has 2 rings (SSSR count). The van der Waals surface area contributed by atoms with Gasteiger partial charge in [0.1, 0.15) is 11.6 Å². The molecule has 21 heavy (non-hydrogen) atoms. The number of carbonyl (C=O) groups is 1. The van der Waals surface area contributed by atoms with Crippen molar-refractivity contribution >= 4 is 17.4 Å². The molecule has 0 fully saturated rings. The van der Waals surface area contributed by atoms with Crippen molar-refractivity contribution in [2.24, 2.45) is 0 Å². The predicted octanol–water partition coefficient (Wildman–Crippen LogP) is 2.48. The van der Waals surface area contributed by atoms with Crippen LogP contribution in [0.3, 0.4) is 0 Å². The van der Waals surface area contributed by atoms with Gasteiger partial charge in [0.15, 0.2) is 5.69 Å². The number of benzene rings is 1. The lowest BCUT2D eigenvalue weighted by atomic mass is 10.2. The average Bonchev–Trinajstić information content (AvgIpc) is 2.48. The van der Waals surface area contributed by atoms with Gasteiger partial charge in [0, 0.05) is 12.2 Å². The molecule has 110 valence electrons. The summed E-state index contributed by atoms with van der Waals surface area (Å²) in [5.74, 6) is 1.13. The zero-order valence-corrected chi connectivity index (χ0v) is 12.3. The number of nitrogens with zero attached hydrogens (tertiary/aromatic N) is 2. The highest BCUT2D eigenvalue weighted by atomic mass is 16.5. The molecule has 0 unspecified atom stereocenters. The molecule has 0 spiro atoms. The fourth-order valence-electron chi connectivity index (χ4n) is 1.88. The number of ether oxygens (including phenoxy) is 1. The van der Waals surface area contributed by atoms with Gasteiger partial charge in [-0.3, -0.25) is 4.79 Å². The van der Waals surface area contributed by atoms with E-state index in [1.165, 1.54) is 0 Å². The zero-order chi connectivity index (χ0) is 15.2. The van der Waals surface area contributed by atoms with E-state index in [0.717, 1.165) is 17.9 Å². The first-order chi connectivity index (χ1) is 10.1. The maximum absolute atomic E-state index is 12.1. The summed E-state index contributed by atoms with van der Waals surface area (Å²) in [6.07, 6.45) is 0. The third kappa shape index (κ3) is 3.68. The maximum Gasteiger partial charge on any atom is 0.276 e. The molecule has 0 saturated carbocycles. The van der Waals surface area contributed by atoms with E-state index in [9.17, 15) is 4.79 Å². The first-order valence-corrected chi connectivity index (χ1v) is 6.67. The first-order valence-electron chi connectivity index (χ1n) is 6.67. The zero-order valence-electron chi connectivity index (χ0n) is 12.3. The number of hydrogen-bond acceptors (Lipinski definition) is 5. The van der Waals surface area contributed by atoms with Crippen LogP contribution in [0.4, 0.5) is 11.5 Å². The second kappa shape index (κ2) is 6.69. The molecule has 0 atom stereocenters. The van der Waals surface area contributed by atoms with Gasteiger partial charge in [0.25, 0.3) is 5.91 Å². The highest BCUT2D eigenvalue weighted by molar-refractivity contribution is 6.02. The molecule has 2 aromatic rings. The van der Waals surface area contributed by atoms with Crippen LogP contribution in [0.25, 0.3) is 0 Å². The van der Waals surface area contributed by atoms with Gasteiger partial charge < -0.3 is 15.4 Å². The summed E-state index contributed by atoms with van der Waals surface area (Å²) >= 11 is 0. The van der Waals surface area contributed by atoms with Crippen molar-refractivity contribution in [3.63, 3.8) is 0 Å². The lowest BCUT2D eigenvalue weighted by Gasteiger charge is -2.08. The Balaban J connectivity index is 2.08. The van der Waals surface area contributed by atoms with Crippen LogP contribution in [0.15, 0.2) is 30.3 Å². The Morgan fingerprint density at radius 2 is 2.05 bits per heavy atom. The van der Waals surface area contributed by atoms with Crippen LogP contribution in [0.1, 0.15) is 23.0 Å². The van der Waals surface area contributed by atoms with Gasteiger partial charge in [-0.25, -0.2) is 0 Å². The lowest BCUT2D eigenvalue weighted by molar-refractivity contribution is 0.102. The summed E-state index contributed by atoms with van der Waals surface area (Å²) in [6, 6.07) is 8.80. The minimum Gasteiger partial charge on any atom is -0.496 e. The molecule has 2 N–H and O–H groups in total. The molecule has 1 aromatic carbocycles. The summed E-state index contributed by atoms with van der Waals surface area (Å²) in [6.45, 7) is 4.64. The monoisotopic (exact) mass is 286 g/mol. The highest BCUT2D eigenvalue weighted by Crippen LogP contribution is 2.21. The van der Waals surface area contributed by atoms with E-state index in [0.29, 0.717) is 11.5 Å². The Kier molecular flexibility index (Phi) is 4.71. The van der Waals surface area contributed by atoms with Crippen molar-refractivity contribution in [1.29, 1.82) is 0 Å². The second-order valence-corrected chi connectivity index (χ2v) is 4.47. The van der Waals surface area contributed by atoms with Crippen LogP contribution in [0, 0.1) is 6.92 Å². The topological polar surface area (TPSA) is 76.1 Å². The van der Waals surface area contributed by atoms with E-state index in [4.69, 9.17) is 4.74 Å². The van der Waals surface area contributed by atoms with Gasteiger partial charge in [-0.2, -0.15) is 0 Å². The second-order valence-electron chi connectivity index (χ2n) is 4.47. The third-order valence-corrected chi connectivity index (χ3v) is 2.91. The van der Waals surface area contributed by atoms with E-state index in [2.05, 4.69) is 20.8 Å². The van der Waals surface area contributed by atoms with E-state index in [-0.39, 0.29) is 11.6 Å². The van der Waals surface area contributed by atoms with Crippen LogP contribution in [-0.4, -0.2) is 29.8 Å². The van der Waals surface area contributed by atoms with E-state index in [1.54, 1.807) is 25.3 Å². The number of carbonyl (C=O) groups excluding carboxylic acids is 1. The number of rotatable bonds is 5. The van der Waals surface area contributed by atoms with Gasteiger partial charge in [0.05, 0.1) is 7.11 Å². The van der Waals surface area contributed by atoms with Crippen molar-refractivity contribution in [1.82, 2.24) is 10.2 Å². The predicted molar refractivity (Wildman–Crippen MR) is 81.9 cm³/mol. The van der Waals surface area contributed by atoms with E-state index < -0.39 is 0 Å². The minimum atomic E-state index is -0.296. The SMILES string of the molecule is CCNc1ccc(C(=O)Nc2ccc(OC)c(C)c2)nn1. The molecule has 0 bridgehead atoms. The summed E-state index contributed by atoms with van der Waals surface area (Å²) in [7, 11) is 1.61. The number of aromatic nitrogens is 2. The van der Waals surface area contributed by atoms with Gasteiger partial charge in [-0.15, -0.1) is 10.2 Å². The molecule has 0 saturated heterocycles. The Hall–Kier alpha value is -2.63. The lowest BCUT2D eigenvalue weighted by Crippen LogP contribution is -2.15. The van der Waals surface area contributed by atoms with Crippen molar-refractivity contribution in [3.05, 3.63) is 41.6 Å². The molecular weight excluding hydrogens is 268 g/mol. The average molecular weight is 286 g/mol. The number of hydrogen-bond donors (Lipinski definition) is 2. The highest BCUT2D eigenvalue weighted by Gasteiger charge is 2.09. The summed E-state index contributed by atoms with van der Waals surface area (Å²) in [5.41, 5.74) is 1.91. The van der Waals surface area contributed by atoms with Crippen LogP contribution in [0.2, 0.25) is 0 Å². The largest absolute Gasteiger partial charge is 0.496 e. The summed E-state index contributed by atoms with van der Waals surface area (Å²) < 4.78 is 5.18. The Morgan fingerprint density at radius 1 is 1.24 bits per heavy atom. The fraction of sp³-hybridized carbons (Fsp3) is 0.267. The smallest absolute Gasteiger partial charge is 0.276 e. The van der Waals surface area contributed by atoms with Crippen molar-refractivity contribution in [2.75, 3.05) is 24.3 Å². The molecule has 0 aliphatic rings. The van der Waals surface area contributed by atoms with Crippen LogP contribution in [-0.2, 0) is 0 Å². The molecule has 1 aromatic heterocycles. The number of nitrogens with one attached hydrogen (secondary N) is 2. The van der Waals surface area contributed by atoms with Gasteiger partial charge >= 0.3 is 0 Å². The van der Waals surface area contributed by atoms with Crippen molar-refractivity contribution in [3.8, 4) is 5.75 Å². The Morgan fingerprint density at radius 3 is 2.62 bits per heavy atom. The molecule has 0 radical (unpaired) electrons. The molecule has 1 amide bonds. The number of methoxy groups -OCH3 is 1. The molecule has 1 heterocycles. The summed E-state index contributed by atoms with van der Waals surface area (Å²) in [4.78, 5) is 12.1. The minimum absolute atomic E-state index is 0.269. The van der Waals surface area contributed by atoms with Crippen LogP contribution >= 0.6 is 0 Å². The van der Waals surface area contributed by atoms with E-state index in [1.807, 2.05) is 26.0 Å². The summed E-state index contributed by atoms with van der Waals surface area (Å²) in [5, 5.41) is 13.6. The fourth-order valence-corrected chi connectivity index (χ4v) is 1.88. The Bertz CT molecular complexity index is 626. The molecule has 6 nitrogen and oxygen atoms in total. The van der Waals surface area contributed by atoms with Crippen molar-refractivity contribution in [2.45, 2.75) is 13.8 Å². The van der Waals surface area contributed by atoms with Crippen LogP contribution < -0.4 is 15.4 Å². The first kappa shape index (κ1) is 14.8. The third-order valence-electron chi connectivity index (χ3n) is 2.91. The van der Waals surface area contributed by atoms with Crippen molar-refractivity contribution < 1.29 is 9.53 Å². The maximum atomic E-state index is 12.1. The van der Waals surface area contributed by atoms with Gasteiger partial charge in [0.2, 0.25) is 0 Å². The molecular formula is C15H18N4O2. The molecule has 6 heteroatoms. The number of anilines is 2. The number of aryl methyl sites for hydroxylation is 1.